The number of carbonyl (C=O) groups is 5. The number of carboxylic acid groups (broad SMARTS) is 1. The molecule has 3 rings (SSSR count). The molecule has 1 aromatic carbocycles. The number of nitrogens with zero attached hydrogens (tertiary/aromatic N) is 1. The number of carbonyl (C=O) groups excluding carboxylic acids is 4. The van der Waals surface area contributed by atoms with E-state index in [-0.39, 0.29) is 23.5 Å². The zero-order valence-corrected chi connectivity index (χ0v) is 20.7. The molecular formula is C26H34N2O8. The van der Waals surface area contributed by atoms with Gasteiger partial charge < -0.3 is 24.8 Å². The first kappa shape index (κ1) is 27.2. The van der Waals surface area contributed by atoms with Crippen molar-refractivity contribution < 1.29 is 38.6 Å². The summed E-state index contributed by atoms with van der Waals surface area (Å²) in [4.78, 5) is 63.6. The van der Waals surface area contributed by atoms with Crippen molar-refractivity contribution in [2.75, 3.05) is 6.54 Å². The van der Waals surface area contributed by atoms with Crippen molar-refractivity contribution in [3.63, 3.8) is 0 Å². The summed E-state index contributed by atoms with van der Waals surface area (Å²) in [5, 5.41) is 11.9. The molecule has 1 aromatic rings. The molecule has 10 heteroatoms. The molecule has 3 atom stereocenters. The van der Waals surface area contributed by atoms with E-state index in [1.54, 1.807) is 19.1 Å². The quantitative estimate of drug-likeness (QED) is 0.388. The molecule has 1 aliphatic heterocycles. The Morgan fingerprint density at radius 3 is 2.31 bits per heavy atom. The maximum atomic E-state index is 13.1. The maximum absolute atomic E-state index is 13.1. The molecular weight excluding hydrogens is 468 g/mol. The van der Waals surface area contributed by atoms with Crippen molar-refractivity contribution in [1.82, 2.24) is 10.2 Å². The second-order valence-electron chi connectivity index (χ2n) is 9.28. The molecule has 1 unspecified atom stereocenters. The fourth-order valence-electron chi connectivity index (χ4n) is 4.74. The number of aliphatic carboxylic acids is 1. The van der Waals surface area contributed by atoms with Crippen LogP contribution in [0.15, 0.2) is 24.3 Å². The van der Waals surface area contributed by atoms with Crippen molar-refractivity contribution in [2.45, 2.75) is 83.6 Å². The van der Waals surface area contributed by atoms with Gasteiger partial charge in [-0.05, 0) is 44.7 Å². The number of ether oxygens (including phenoxy) is 2. The number of hydrogen-bond acceptors (Lipinski definition) is 7. The highest BCUT2D eigenvalue weighted by Crippen LogP contribution is 2.29. The van der Waals surface area contributed by atoms with E-state index in [0.717, 1.165) is 32.1 Å². The van der Waals surface area contributed by atoms with Crippen LogP contribution < -0.4 is 5.32 Å². The van der Waals surface area contributed by atoms with E-state index >= 15 is 0 Å². The van der Waals surface area contributed by atoms with Crippen molar-refractivity contribution in [1.29, 1.82) is 0 Å². The average Bonchev–Trinajstić information content (AvgIpc) is 3.38. The molecule has 2 fully saturated rings. The largest absolute Gasteiger partial charge is 0.480 e. The predicted octanol–water partition coefficient (Wildman–Crippen LogP) is 2.90. The molecule has 2 aliphatic rings. The zero-order chi connectivity index (χ0) is 26.2. The molecule has 36 heavy (non-hydrogen) atoms. The highest BCUT2D eigenvalue weighted by molar-refractivity contribution is 6.06. The Hall–Kier alpha value is -3.43. The molecule has 2 amide bonds. The number of amides is 2. The van der Waals surface area contributed by atoms with E-state index in [1.807, 2.05) is 0 Å². The third-order valence-electron chi connectivity index (χ3n) is 6.72. The molecule has 0 radical (unpaired) electrons. The Labute approximate surface area is 210 Å². The number of hydrogen-bond donors (Lipinski definition) is 2. The molecule has 1 heterocycles. The van der Waals surface area contributed by atoms with Crippen LogP contribution in [0.4, 0.5) is 0 Å². The summed E-state index contributed by atoms with van der Waals surface area (Å²) in [6, 6.07) is 4.12. The number of esters is 2. The van der Waals surface area contributed by atoms with E-state index < -0.39 is 48.1 Å². The monoisotopic (exact) mass is 502 g/mol. The Bertz CT molecular complexity index is 988. The van der Waals surface area contributed by atoms with Crippen LogP contribution in [-0.2, 0) is 23.9 Å². The summed E-state index contributed by atoms with van der Waals surface area (Å²) in [6.45, 7) is 3.44. The van der Waals surface area contributed by atoms with E-state index in [2.05, 4.69) is 5.32 Å². The summed E-state index contributed by atoms with van der Waals surface area (Å²) in [7, 11) is 0. The molecule has 1 saturated heterocycles. The van der Waals surface area contributed by atoms with Crippen molar-refractivity contribution in [3.05, 3.63) is 35.4 Å². The minimum atomic E-state index is -1.08. The van der Waals surface area contributed by atoms with Gasteiger partial charge in [-0.3, -0.25) is 14.4 Å². The number of likely N-dealkylation sites (tertiary alicyclic amines) is 1. The van der Waals surface area contributed by atoms with Crippen LogP contribution in [0.2, 0.25) is 0 Å². The fraction of sp³-hybridized carbons (Fsp3) is 0.577. The number of nitrogens with one attached hydrogen (secondary N) is 1. The minimum absolute atomic E-state index is 0.00238. The van der Waals surface area contributed by atoms with Gasteiger partial charge in [-0.25, -0.2) is 9.59 Å². The van der Waals surface area contributed by atoms with Crippen LogP contribution in [0.25, 0.3) is 0 Å². The molecule has 2 N–H and O–H groups in total. The maximum Gasteiger partial charge on any atom is 0.342 e. The molecule has 0 bridgehead atoms. The first-order valence-corrected chi connectivity index (χ1v) is 12.6. The first-order valence-electron chi connectivity index (χ1n) is 12.6. The fourth-order valence-corrected chi connectivity index (χ4v) is 4.74. The van der Waals surface area contributed by atoms with Crippen LogP contribution in [0, 0.1) is 5.92 Å². The molecule has 0 spiro atoms. The standard InChI is InChI=1S/C26H34N2O8/c1-3-21(29)35-26(17-10-5-4-6-11-17)36-25(34)19-13-8-7-12-18(19)22(30)27-16(2)23(31)28-15-9-14-20(28)24(32)33/h7-8,12-13,16-17,20,26H,3-6,9-11,14-15H2,1-2H3,(H,27,30)(H,32,33)/t16-,20-,26?/m0/s1. The predicted molar refractivity (Wildman–Crippen MR) is 128 cm³/mol. The highest BCUT2D eigenvalue weighted by Gasteiger charge is 2.37. The Balaban J connectivity index is 1.72. The molecule has 1 aliphatic carbocycles. The Kier molecular flexibility index (Phi) is 9.44. The van der Waals surface area contributed by atoms with Crippen LogP contribution in [0.1, 0.15) is 85.9 Å². The first-order chi connectivity index (χ1) is 17.2. The molecule has 10 nitrogen and oxygen atoms in total. The molecule has 1 saturated carbocycles. The summed E-state index contributed by atoms with van der Waals surface area (Å²) >= 11 is 0. The van der Waals surface area contributed by atoms with Crippen molar-refractivity contribution >= 4 is 29.7 Å². The Morgan fingerprint density at radius 1 is 1.00 bits per heavy atom. The van der Waals surface area contributed by atoms with Gasteiger partial charge in [-0.2, -0.15) is 0 Å². The highest BCUT2D eigenvalue weighted by atomic mass is 16.7. The third kappa shape index (κ3) is 6.61. The lowest BCUT2D eigenvalue weighted by atomic mass is 9.88. The van der Waals surface area contributed by atoms with Gasteiger partial charge in [0, 0.05) is 18.9 Å². The van der Waals surface area contributed by atoms with Gasteiger partial charge in [-0.15, -0.1) is 0 Å². The summed E-state index contributed by atoms with van der Waals surface area (Å²) in [5.74, 6) is -3.64. The number of rotatable bonds is 9. The van der Waals surface area contributed by atoms with Crippen LogP contribution >= 0.6 is 0 Å². The molecule has 0 aromatic heterocycles. The second kappa shape index (κ2) is 12.5. The lowest BCUT2D eigenvalue weighted by molar-refractivity contribution is -0.179. The summed E-state index contributed by atoms with van der Waals surface area (Å²) in [5.41, 5.74) is -0.0184. The van der Waals surface area contributed by atoms with E-state index in [4.69, 9.17) is 9.47 Å². The van der Waals surface area contributed by atoms with Crippen molar-refractivity contribution in [3.8, 4) is 0 Å². The van der Waals surface area contributed by atoms with Gasteiger partial charge in [0.05, 0.1) is 11.1 Å². The SMILES string of the molecule is CCC(=O)OC(OC(=O)c1ccccc1C(=O)N[C@@H](C)C(=O)N1CCC[C@H]1C(=O)O)C1CCCCC1. The molecule has 196 valence electrons. The second-order valence-corrected chi connectivity index (χ2v) is 9.28. The van der Waals surface area contributed by atoms with E-state index in [9.17, 15) is 29.1 Å². The average molecular weight is 503 g/mol. The lowest BCUT2D eigenvalue weighted by Gasteiger charge is -2.29. The number of benzene rings is 1. The van der Waals surface area contributed by atoms with Crippen LogP contribution in [0.3, 0.4) is 0 Å². The third-order valence-corrected chi connectivity index (χ3v) is 6.72. The van der Waals surface area contributed by atoms with Crippen LogP contribution in [-0.4, -0.2) is 64.6 Å². The van der Waals surface area contributed by atoms with Gasteiger partial charge in [-0.1, -0.05) is 38.3 Å². The topological polar surface area (TPSA) is 139 Å². The van der Waals surface area contributed by atoms with Gasteiger partial charge in [0.25, 0.3) is 12.2 Å². The smallest absolute Gasteiger partial charge is 0.342 e. The minimum Gasteiger partial charge on any atom is -0.480 e. The zero-order valence-electron chi connectivity index (χ0n) is 20.7. The van der Waals surface area contributed by atoms with Crippen molar-refractivity contribution in [2.24, 2.45) is 5.92 Å². The Morgan fingerprint density at radius 2 is 1.67 bits per heavy atom. The van der Waals surface area contributed by atoms with Gasteiger partial charge in [0.2, 0.25) is 5.91 Å². The normalized spacial score (nSPS) is 19.7. The number of carboxylic acids is 1. The lowest BCUT2D eigenvalue weighted by Crippen LogP contribution is -2.50. The van der Waals surface area contributed by atoms with Gasteiger partial charge in [0.15, 0.2) is 0 Å². The van der Waals surface area contributed by atoms with E-state index in [0.29, 0.717) is 19.4 Å². The van der Waals surface area contributed by atoms with E-state index in [1.165, 1.54) is 24.0 Å². The summed E-state index contributed by atoms with van der Waals surface area (Å²) < 4.78 is 11.0. The van der Waals surface area contributed by atoms with Gasteiger partial charge in [0.1, 0.15) is 12.1 Å². The summed E-state index contributed by atoms with van der Waals surface area (Å²) in [6.07, 6.45) is 4.55. The van der Waals surface area contributed by atoms with Crippen LogP contribution in [0.5, 0.6) is 0 Å². The van der Waals surface area contributed by atoms with Gasteiger partial charge >= 0.3 is 17.9 Å².